The summed E-state index contributed by atoms with van der Waals surface area (Å²) >= 11 is 0. The highest BCUT2D eigenvalue weighted by Gasteiger charge is 2.53. The van der Waals surface area contributed by atoms with Gasteiger partial charge in [-0.3, -0.25) is 9.59 Å². The molecule has 4 rings (SSSR count). The van der Waals surface area contributed by atoms with E-state index in [4.69, 9.17) is 10.5 Å². The molecule has 0 aliphatic carbocycles. The van der Waals surface area contributed by atoms with E-state index in [0.29, 0.717) is 11.2 Å². The summed E-state index contributed by atoms with van der Waals surface area (Å²) in [4.78, 5) is 37.5. The Hall–Kier alpha value is -3.51. The number of pyridine rings is 1. The normalized spacial score (nSPS) is 20.6. The minimum Gasteiger partial charge on any atom is -0.619 e. The second kappa shape index (κ2) is 8.79. The Kier molecular flexibility index (Phi) is 6.04. The molecule has 2 aromatic rings. The van der Waals surface area contributed by atoms with Gasteiger partial charge in [-0.2, -0.15) is 9.04 Å². The van der Waals surface area contributed by atoms with Crippen molar-refractivity contribution in [3.63, 3.8) is 0 Å². The number of aromatic nitrogens is 1. The lowest BCUT2D eigenvalue weighted by molar-refractivity contribution is -0.607. The molecule has 2 fully saturated rings. The first kappa shape index (κ1) is 22.7. The van der Waals surface area contributed by atoms with Crippen LogP contribution in [0.25, 0.3) is 0 Å². The average molecular weight is 473 g/mol. The van der Waals surface area contributed by atoms with Crippen molar-refractivity contribution in [2.24, 2.45) is 5.73 Å². The van der Waals surface area contributed by atoms with Crippen LogP contribution < -0.4 is 15.2 Å². The maximum Gasteiger partial charge on any atom is 0.409 e. The number of sulfonamides is 1. The Morgan fingerprint density at radius 1 is 1.24 bits per heavy atom. The van der Waals surface area contributed by atoms with Crippen molar-refractivity contribution >= 4 is 27.8 Å². The van der Waals surface area contributed by atoms with Crippen LogP contribution in [-0.2, 0) is 26.0 Å². The van der Waals surface area contributed by atoms with Gasteiger partial charge in [-0.15, -0.1) is 0 Å². The zero-order valence-corrected chi connectivity index (χ0v) is 18.2. The van der Waals surface area contributed by atoms with E-state index in [1.165, 1.54) is 29.7 Å². The number of carbonyl (C=O) groups is 3. The molecular weight excluding hydrogens is 452 g/mol. The molecule has 0 bridgehead atoms. The molecule has 2 aliphatic heterocycles. The van der Waals surface area contributed by atoms with Gasteiger partial charge in [0.1, 0.15) is 16.7 Å². The van der Waals surface area contributed by atoms with Crippen LogP contribution in [0.2, 0.25) is 0 Å². The standard InChI is InChI=1S/C21H21N4O7S/c22-21(28)32-15-6-3-14(4-7-15)5-8-19(27)24-11-9-17-20(24)18(26)13-25(17)33(30,31)16-2-1-10-23(29)12-16/h1-4,6-8,10,12,17,20H,5,9,11,13H2,(H2,22,28). The Morgan fingerprint density at radius 2 is 1.97 bits per heavy atom. The molecule has 12 heteroatoms. The number of hydrogen-bond donors (Lipinski definition) is 1. The number of carbonyl (C=O) groups excluding carboxylic acids is 3. The van der Waals surface area contributed by atoms with E-state index in [-0.39, 0.29) is 41.8 Å². The number of likely N-dealkylation sites (tertiary alicyclic amines) is 1. The van der Waals surface area contributed by atoms with Gasteiger partial charge in [0.2, 0.25) is 15.9 Å². The lowest BCUT2D eigenvalue weighted by atomic mass is 10.1. The monoisotopic (exact) mass is 473 g/mol. The van der Waals surface area contributed by atoms with Gasteiger partial charge in [-0.1, -0.05) is 12.1 Å². The number of primary amides is 1. The molecule has 2 N–H and O–H groups in total. The van der Waals surface area contributed by atoms with Crippen LogP contribution in [0.4, 0.5) is 4.79 Å². The SMILES string of the molecule is NC(=O)Oc1ccc(C[CH]C(=O)N2CCC3C2C(=O)CN3S(=O)(=O)c2ccc[n+]([O-])c2)cc1. The predicted molar refractivity (Wildman–Crippen MR) is 113 cm³/mol. The summed E-state index contributed by atoms with van der Waals surface area (Å²) < 4.78 is 32.3. The number of fused-ring (bicyclic) bond motifs is 1. The first-order chi connectivity index (χ1) is 15.7. The first-order valence-electron chi connectivity index (χ1n) is 10.1. The topological polar surface area (TPSA) is 154 Å². The van der Waals surface area contributed by atoms with E-state index in [1.54, 1.807) is 24.3 Å². The number of hydrogen-bond acceptors (Lipinski definition) is 7. The molecule has 2 atom stereocenters. The van der Waals surface area contributed by atoms with Gasteiger partial charge < -0.3 is 20.6 Å². The fourth-order valence-electron chi connectivity index (χ4n) is 4.20. The van der Waals surface area contributed by atoms with Gasteiger partial charge in [0.05, 0.1) is 19.0 Å². The van der Waals surface area contributed by atoms with Crippen molar-refractivity contribution in [2.75, 3.05) is 13.1 Å². The Morgan fingerprint density at radius 3 is 2.64 bits per heavy atom. The number of nitrogens with zero attached hydrogens (tertiary/aromatic N) is 3. The molecule has 11 nitrogen and oxygen atoms in total. The second-order valence-corrected chi connectivity index (χ2v) is 9.61. The van der Waals surface area contributed by atoms with Crippen molar-refractivity contribution < 1.29 is 32.3 Å². The zero-order valence-electron chi connectivity index (χ0n) is 17.4. The number of amides is 2. The van der Waals surface area contributed by atoms with Crippen LogP contribution in [0.3, 0.4) is 0 Å². The maximum atomic E-state index is 13.0. The highest BCUT2D eigenvalue weighted by molar-refractivity contribution is 7.89. The van der Waals surface area contributed by atoms with Crippen LogP contribution in [-0.4, -0.2) is 60.6 Å². The molecule has 3 heterocycles. The highest BCUT2D eigenvalue weighted by Crippen LogP contribution is 2.34. The zero-order chi connectivity index (χ0) is 23.8. The number of ether oxygens (including phenoxy) is 1. The first-order valence-corrected chi connectivity index (χ1v) is 11.5. The second-order valence-electron chi connectivity index (χ2n) is 7.72. The van der Waals surface area contributed by atoms with Gasteiger partial charge in [-0.25, -0.2) is 13.2 Å². The maximum absolute atomic E-state index is 13.0. The Bertz CT molecular complexity index is 1200. The van der Waals surface area contributed by atoms with E-state index >= 15 is 0 Å². The van der Waals surface area contributed by atoms with Crippen LogP contribution in [0.5, 0.6) is 5.75 Å². The molecule has 33 heavy (non-hydrogen) atoms. The fourth-order valence-corrected chi connectivity index (χ4v) is 5.83. The summed E-state index contributed by atoms with van der Waals surface area (Å²) in [5.74, 6) is -0.454. The smallest absolute Gasteiger partial charge is 0.409 e. The number of Topliss-reactive ketones (excluding diaryl/α,β-unsaturated/α-hetero) is 1. The van der Waals surface area contributed by atoms with Gasteiger partial charge in [0.25, 0.3) is 0 Å². The number of ketones is 1. The summed E-state index contributed by atoms with van der Waals surface area (Å²) in [6.45, 7) is -0.110. The fraction of sp³-hybridized carbons (Fsp3) is 0.286. The van der Waals surface area contributed by atoms with E-state index < -0.39 is 28.2 Å². The number of rotatable bonds is 6. The summed E-state index contributed by atoms with van der Waals surface area (Å²) in [6.07, 6.45) is 3.20. The Balaban J connectivity index is 1.43. The van der Waals surface area contributed by atoms with Crippen molar-refractivity contribution in [1.29, 1.82) is 0 Å². The molecule has 2 saturated heterocycles. The minimum absolute atomic E-state index is 0.200. The summed E-state index contributed by atoms with van der Waals surface area (Å²) in [5, 5.41) is 11.5. The molecule has 0 saturated carbocycles. The lowest BCUT2D eigenvalue weighted by Crippen LogP contribution is -2.43. The van der Waals surface area contributed by atoms with Crippen LogP contribution in [0, 0.1) is 11.6 Å². The molecule has 1 aromatic carbocycles. The molecular formula is C21H21N4O7S. The van der Waals surface area contributed by atoms with Crippen molar-refractivity contribution in [3.8, 4) is 5.75 Å². The third kappa shape index (κ3) is 4.52. The molecule has 1 radical (unpaired) electrons. The quantitative estimate of drug-likeness (QED) is 0.449. The van der Waals surface area contributed by atoms with E-state index in [0.717, 1.165) is 16.1 Å². The van der Waals surface area contributed by atoms with Crippen LogP contribution in [0.15, 0.2) is 53.7 Å². The predicted octanol–water partition coefficient (Wildman–Crippen LogP) is -0.233. The van der Waals surface area contributed by atoms with E-state index in [9.17, 15) is 28.0 Å². The Labute approximate surface area is 190 Å². The van der Waals surface area contributed by atoms with Gasteiger partial charge in [0.15, 0.2) is 18.2 Å². The molecule has 0 spiro atoms. The summed E-state index contributed by atoms with van der Waals surface area (Å²) in [5.41, 5.74) is 5.73. The lowest BCUT2D eigenvalue weighted by Gasteiger charge is -2.24. The highest BCUT2D eigenvalue weighted by atomic mass is 32.2. The number of benzene rings is 1. The average Bonchev–Trinajstić information content (AvgIpc) is 3.34. The van der Waals surface area contributed by atoms with Crippen LogP contribution in [0.1, 0.15) is 12.0 Å². The molecule has 2 amide bonds. The molecule has 173 valence electrons. The molecule has 1 aromatic heterocycles. The molecule has 2 aliphatic rings. The largest absolute Gasteiger partial charge is 0.619 e. The van der Waals surface area contributed by atoms with Crippen molar-refractivity contribution in [3.05, 3.63) is 66.0 Å². The van der Waals surface area contributed by atoms with Gasteiger partial charge in [0, 0.05) is 12.6 Å². The number of nitrogens with two attached hydrogens (primary N) is 1. The van der Waals surface area contributed by atoms with Crippen molar-refractivity contribution in [1.82, 2.24) is 9.21 Å². The third-order valence-corrected chi connectivity index (χ3v) is 7.52. The van der Waals surface area contributed by atoms with Crippen LogP contribution >= 0.6 is 0 Å². The van der Waals surface area contributed by atoms with Crippen molar-refractivity contribution in [2.45, 2.75) is 29.8 Å². The third-order valence-electron chi connectivity index (χ3n) is 5.67. The molecule has 2 unspecified atom stereocenters. The van der Waals surface area contributed by atoms with E-state index in [1.807, 2.05) is 0 Å². The van der Waals surface area contributed by atoms with Gasteiger partial charge >= 0.3 is 6.09 Å². The summed E-state index contributed by atoms with van der Waals surface area (Å²) in [7, 11) is -4.07. The van der Waals surface area contributed by atoms with E-state index in [2.05, 4.69) is 0 Å². The van der Waals surface area contributed by atoms with Gasteiger partial charge in [-0.05, 0) is 36.6 Å². The minimum atomic E-state index is -4.07. The summed E-state index contributed by atoms with van der Waals surface area (Å²) in [6, 6.07) is 7.51.